The predicted molar refractivity (Wildman–Crippen MR) is 109 cm³/mol. The standard InChI is InChI=1S/C18H21F3N6O4S/c1-30-12-8-10(32(28,29)27-4-6-31-7-5-27)2-3-11(12)17(18(19,20)21)9-24-15-13(17)14(22)25-16(23)26-15/h2-3,8H,4-7,9H2,1H3,(H5,22,23,24,25,26). The van der Waals surface area contributed by atoms with E-state index in [0.717, 1.165) is 18.2 Å². The summed E-state index contributed by atoms with van der Waals surface area (Å²) in [4.78, 5) is 7.36. The summed E-state index contributed by atoms with van der Waals surface area (Å²) in [6.07, 6.45) is -4.85. The molecule has 0 aliphatic carbocycles. The fourth-order valence-corrected chi connectivity index (χ4v) is 5.52. The summed E-state index contributed by atoms with van der Waals surface area (Å²) in [6.45, 7) is 0.115. The first kappa shape index (κ1) is 22.4. The molecule has 1 unspecified atom stereocenters. The van der Waals surface area contributed by atoms with Gasteiger partial charge in [-0.25, -0.2) is 8.42 Å². The molecule has 4 rings (SSSR count). The van der Waals surface area contributed by atoms with Gasteiger partial charge in [0.15, 0.2) is 0 Å². The number of alkyl halides is 3. The van der Waals surface area contributed by atoms with Crippen LogP contribution in [0.2, 0.25) is 0 Å². The van der Waals surface area contributed by atoms with E-state index in [9.17, 15) is 21.6 Å². The second kappa shape index (κ2) is 7.64. The van der Waals surface area contributed by atoms with Crippen LogP contribution in [0.3, 0.4) is 0 Å². The van der Waals surface area contributed by atoms with Gasteiger partial charge in [0.1, 0.15) is 22.8 Å². The molecule has 0 amide bonds. The Kier molecular flexibility index (Phi) is 5.33. The van der Waals surface area contributed by atoms with Gasteiger partial charge in [0.2, 0.25) is 16.0 Å². The number of halogens is 3. The van der Waals surface area contributed by atoms with Gasteiger partial charge in [-0.05, 0) is 6.07 Å². The van der Waals surface area contributed by atoms with Crippen molar-refractivity contribution < 1.29 is 31.1 Å². The molecule has 2 aliphatic rings. The van der Waals surface area contributed by atoms with Crippen molar-refractivity contribution >= 4 is 27.6 Å². The summed E-state index contributed by atoms with van der Waals surface area (Å²) in [5, 5.41) is 2.60. The van der Waals surface area contributed by atoms with E-state index >= 15 is 0 Å². The Bertz CT molecular complexity index is 1150. The van der Waals surface area contributed by atoms with Crippen molar-refractivity contribution in [2.75, 3.05) is 56.7 Å². The lowest BCUT2D eigenvalue weighted by Crippen LogP contribution is -2.46. The summed E-state index contributed by atoms with van der Waals surface area (Å²) in [6, 6.07) is 3.30. The van der Waals surface area contributed by atoms with Crippen molar-refractivity contribution in [3.63, 3.8) is 0 Å². The number of morpholine rings is 1. The summed E-state index contributed by atoms with van der Waals surface area (Å²) in [7, 11) is -2.79. The molecule has 0 bridgehead atoms. The van der Waals surface area contributed by atoms with Gasteiger partial charge < -0.3 is 26.3 Å². The fraction of sp³-hybridized carbons (Fsp3) is 0.444. The average molecular weight is 474 g/mol. The monoisotopic (exact) mass is 474 g/mol. The SMILES string of the molecule is COc1cc(S(=O)(=O)N2CCOCC2)ccc1C1(C(F)(F)F)CNc2nc(N)nc(N)c21. The lowest BCUT2D eigenvalue weighted by molar-refractivity contribution is -0.172. The molecule has 2 aromatic rings. The molecule has 1 saturated heterocycles. The minimum absolute atomic E-state index is 0.139. The maximum absolute atomic E-state index is 14.6. The molecule has 1 aromatic heterocycles. The Labute approximate surface area is 181 Å². The van der Waals surface area contributed by atoms with E-state index in [2.05, 4.69) is 15.3 Å². The Hall–Kier alpha value is -2.84. The van der Waals surface area contributed by atoms with Gasteiger partial charge >= 0.3 is 6.18 Å². The number of methoxy groups -OCH3 is 1. The highest BCUT2D eigenvalue weighted by molar-refractivity contribution is 7.89. The molecule has 2 aliphatic heterocycles. The first-order chi connectivity index (χ1) is 15.0. The highest BCUT2D eigenvalue weighted by Crippen LogP contribution is 2.55. The molecular formula is C18H21F3N6O4S. The van der Waals surface area contributed by atoms with Gasteiger partial charge in [0, 0.05) is 31.3 Å². The zero-order chi connectivity index (χ0) is 23.3. The van der Waals surface area contributed by atoms with Crippen LogP contribution >= 0.6 is 0 Å². The number of aromatic nitrogens is 2. The van der Waals surface area contributed by atoms with Crippen LogP contribution < -0.4 is 21.5 Å². The topological polar surface area (TPSA) is 146 Å². The average Bonchev–Trinajstić information content (AvgIpc) is 3.14. The van der Waals surface area contributed by atoms with Crippen molar-refractivity contribution in [3.05, 3.63) is 29.3 Å². The molecule has 0 spiro atoms. The Morgan fingerprint density at radius 3 is 2.53 bits per heavy atom. The van der Waals surface area contributed by atoms with Crippen LogP contribution in [-0.4, -0.2) is 68.8 Å². The minimum atomic E-state index is -4.85. The van der Waals surface area contributed by atoms with Crippen molar-refractivity contribution in [1.82, 2.24) is 14.3 Å². The Balaban J connectivity index is 1.89. The zero-order valence-electron chi connectivity index (χ0n) is 16.9. The maximum atomic E-state index is 14.6. The molecule has 1 fully saturated rings. The zero-order valence-corrected chi connectivity index (χ0v) is 17.8. The molecule has 14 heteroatoms. The first-order valence-electron chi connectivity index (χ1n) is 9.53. The Morgan fingerprint density at radius 1 is 1.22 bits per heavy atom. The number of nitrogen functional groups attached to an aromatic ring is 2. The van der Waals surface area contributed by atoms with Crippen LogP contribution in [0, 0.1) is 0 Å². The maximum Gasteiger partial charge on any atom is 0.404 e. The molecule has 1 aromatic carbocycles. The minimum Gasteiger partial charge on any atom is -0.496 e. The number of nitrogens with two attached hydrogens (primary N) is 2. The van der Waals surface area contributed by atoms with Crippen molar-refractivity contribution in [1.29, 1.82) is 0 Å². The van der Waals surface area contributed by atoms with Crippen LogP contribution in [-0.2, 0) is 20.2 Å². The molecule has 3 heterocycles. The highest BCUT2D eigenvalue weighted by atomic mass is 32.2. The first-order valence-corrected chi connectivity index (χ1v) is 11.0. The van der Waals surface area contributed by atoms with Crippen LogP contribution in [0.1, 0.15) is 11.1 Å². The van der Waals surface area contributed by atoms with Gasteiger partial charge in [0.05, 0.1) is 30.8 Å². The molecule has 0 radical (unpaired) electrons. The number of sulfonamides is 1. The number of hydrogen-bond acceptors (Lipinski definition) is 9. The fourth-order valence-electron chi connectivity index (χ4n) is 4.09. The summed E-state index contributed by atoms with van der Waals surface area (Å²) < 4.78 is 81.5. The molecule has 174 valence electrons. The van der Waals surface area contributed by atoms with Gasteiger partial charge in [-0.3, -0.25) is 0 Å². The number of anilines is 3. The summed E-state index contributed by atoms with van der Waals surface area (Å²) >= 11 is 0. The third-order valence-electron chi connectivity index (χ3n) is 5.63. The molecule has 32 heavy (non-hydrogen) atoms. The largest absolute Gasteiger partial charge is 0.496 e. The second-order valence-electron chi connectivity index (χ2n) is 7.33. The lowest BCUT2D eigenvalue weighted by Gasteiger charge is -2.34. The number of fused-ring (bicyclic) bond motifs is 1. The molecule has 5 N–H and O–H groups in total. The predicted octanol–water partition coefficient (Wildman–Crippen LogP) is 0.944. The third-order valence-corrected chi connectivity index (χ3v) is 7.52. The molecule has 10 nitrogen and oxygen atoms in total. The van der Waals surface area contributed by atoms with Crippen LogP contribution in [0.4, 0.5) is 30.8 Å². The van der Waals surface area contributed by atoms with E-state index in [1.54, 1.807) is 0 Å². The second-order valence-corrected chi connectivity index (χ2v) is 9.26. The number of benzene rings is 1. The Morgan fingerprint density at radius 2 is 1.91 bits per heavy atom. The van der Waals surface area contributed by atoms with Gasteiger partial charge in [-0.1, -0.05) is 6.07 Å². The van der Waals surface area contributed by atoms with E-state index in [0.29, 0.717) is 0 Å². The summed E-state index contributed by atoms with van der Waals surface area (Å²) in [5.41, 5.74) is 8.00. The van der Waals surface area contributed by atoms with E-state index in [4.69, 9.17) is 20.9 Å². The number of nitrogens with zero attached hydrogens (tertiary/aromatic N) is 3. The third kappa shape index (κ3) is 3.29. The van der Waals surface area contributed by atoms with Gasteiger partial charge in [-0.15, -0.1) is 0 Å². The van der Waals surface area contributed by atoms with E-state index in [1.165, 1.54) is 11.4 Å². The van der Waals surface area contributed by atoms with Crippen molar-refractivity contribution in [2.45, 2.75) is 16.5 Å². The van der Waals surface area contributed by atoms with E-state index in [1.807, 2.05) is 0 Å². The number of nitrogens with one attached hydrogen (secondary N) is 1. The van der Waals surface area contributed by atoms with Gasteiger partial charge in [-0.2, -0.15) is 27.4 Å². The van der Waals surface area contributed by atoms with Crippen LogP contribution in [0.5, 0.6) is 5.75 Å². The number of ether oxygens (including phenoxy) is 2. The smallest absolute Gasteiger partial charge is 0.404 e. The van der Waals surface area contributed by atoms with Crippen molar-refractivity contribution in [3.8, 4) is 5.75 Å². The number of rotatable bonds is 4. The molecule has 1 atom stereocenters. The quantitative estimate of drug-likeness (QED) is 0.589. The molecule has 0 saturated carbocycles. The number of hydrogen-bond donors (Lipinski definition) is 3. The lowest BCUT2D eigenvalue weighted by atomic mass is 9.75. The normalized spacial score (nSPS) is 21.8. The van der Waals surface area contributed by atoms with Crippen LogP contribution in [0.25, 0.3) is 0 Å². The van der Waals surface area contributed by atoms with Gasteiger partial charge in [0.25, 0.3) is 0 Å². The van der Waals surface area contributed by atoms with E-state index < -0.39 is 34.0 Å². The highest BCUT2D eigenvalue weighted by Gasteiger charge is 2.63. The summed E-state index contributed by atoms with van der Waals surface area (Å²) in [5.74, 6) is -1.10. The van der Waals surface area contributed by atoms with Crippen molar-refractivity contribution in [2.24, 2.45) is 0 Å². The van der Waals surface area contributed by atoms with Crippen LogP contribution in [0.15, 0.2) is 23.1 Å². The molecular weight excluding hydrogens is 453 g/mol. The van der Waals surface area contributed by atoms with E-state index in [-0.39, 0.29) is 59.8 Å².